The fourth-order valence-electron chi connectivity index (χ4n) is 5.26. The van der Waals surface area contributed by atoms with Crippen molar-refractivity contribution in [2.45, 2.75) is 49.5 Å². The lowest BCUT2D eigenvalue weighted by Crippen LogP contribution is -2.51. The Bertz CT molecular complexity index is 1320. The molecule has 2 aromatic carbocycles. The smallest absolute Gasteiger partial charge is 0.406 e. The minimum Gasteiger partial charge on any atom is -0.406 e. The summed E-state index contributed by atoms with van der Waals surface area (Å²) in [7, 11) is 0. The Balaban J connectivity index is 1.39. The van der Waals surface area contributed by atoms with Gasteiger partial charge in [-0.1, -0.05) is 30.5 Å². The predicted octanol–water partition coefficient (Wildman–Crippen LogP) is 4.28. The molecule has 0 aromatic heterocycles. The maximum absolute atomic E-state index is 13.8. The molecule has 3 N–H and O–H groups in total. The number of hydrogen-bond donors (Lipinski definition) is 3. The molecule has 3 amide bonds. The first-order valence-corrected chi connectivity index (χ1v) is 12.5. The number of carbonyl (C=O) groups excluding carboxylic acids is 3. The summed E-state index contributed by atoms with van der Waals surface area (Å²) in [6.07, 6.45) is -1.51. The second-order valence-corrected chi connectivity index (χ2v) is 10.3. The maximum Gasteiger partial charge on any atom is 0.573 e. The van der Waals surface area contributed by atoms with Crippen LogP contribution in [0.1, 0.15) is 41.6 Å². The van der Waals surface area contributed by atoms with E-state index in [0.29, 0.717) is 22.7 Å². The first kappa shape index (κ1) is 26.0. The zero-order chi connectivity index (χ0) is 27.2. The fourth-order valence-corrected chi connectivity index (χ4v) is 5.43. The number of halogens is 4. The van der Waals surface area contributed by atoms with Crippen molar-refractivity contribution in [1.29, 1.82) is 5.41 Å². The third-order valence-corrected chi connectivity index (χ3v) is 7.49. The molecule has 0 radical (unpaired) electrons. The van der Waals surface area contributed by atoms with E-state index in [1.54, 1.807) is 18.2 Å². The number of likely N-dealkylation sites (tertiary alicyclic amines) is 1. The Kier molecular flexibility index (Phi) is 6.58. The van der Waals surface area contributed by atoms with Gasteiger partial charge in [0.2, 0.25) is 11.8 Å². The SMILES string of the molecule is N=C[C@@H]1C[C@@]2(CN1C(=O)[C@H](CC1CC1)NC(=O)c1cccc(OC(F)(F)F)c1)C(=O)Nc1ccc(Cl)cc12. The number of nitrogens with zero attached hydrogens (tertiary/aromatic N) is 1. The van der Waals surface area contributed by atoms with E-state index in [4.69, 9.17) is 17.0 Å². The van der Waals surface area contributed by atoms with Gasteiger partial charge < -0.3 is 25.7 Å². The summed E-state index contributed by atoms with van der Waals surface area (Å²) >= 11 is 6.20. The summed E-state index contributed by atoms with van der Waals surface area (Å²) in [5.41, 5.74) is 0.0680. The molecule has 2 aliphatic heterocycles. The Labute approximate surface area is 221 Å². The van der Waals surface area contributed by atoms with Crippen molar-refractivity contribution >= 4 is 41.2 Å². The van der Waals surface area contributed by atoms with Gasteiger partial charge in [-0.25, -0.2) is 0 Å². The molecule has 38 heavy (non-hydrogen) atoms. The molecule has 12 heteroatoms. The molecule has 1 saturated heterocycles. The van der Waals surface area contributed by atoms with Crippen LogP contribution in [-0.4, -0.2) is 53.8 Å². The second-order valence-electron chi connectivity index (χ2n) is 9.91. The van der Waals surface area contributed by atoms with Crippen molar-refractivity contribution in [3.05, 3.63) is 58.6 Å². The van der Waals surface area contributed by atoms with E-state index < -0.39 is 41.4 Å². The van der Waals surface area contributed by atoms with Gasteiger partial charge in [0.15, 0.2) is 0 Å². The van der Waals surface area contributed by atoms with Gasteiger partial charge in [0, 0.05) is 29.0 Å². The minimum atomic E-state index is -4.91. The van der Waals surface area contributed by atoms with E-state index in [-0.39, 0.29) is 30.4 Å². The third kappa shape index (κ3) is 5.07. The van der Waals surface area contributed by atoms with Gasteiger partial charge in [-0.2, -0.15) is 0 Å². The Hall–Kier alpha value is -3.60. The number of fused-ring (bicyclic) bond motifs is 2. The highest BCUT2D eigenvalue weighted by Gasteiger charge is 2.56. The van der Waals surface area contributed by atoms with E-state index in [1.807, 2.05) is 0 Å². The van der Waals surface area contributed by atoms with Crippen LogP contribution in [0.5, 0.6) is 5.75 Å². The largest absolute Gasteiger partial charge is 0.573 e. The number of rotatable bonds is 7. The lowest BCUT2D eigenvalue weighted by molar-refractivity contribution is -0.274. The number of anilines is 1. The van der Waals surface area contributed by atoms with E-state index in [0.717, 1.165) is 31.2 Å². The molecule has 2 heterocycles. The third-order valence-electron chi connectivity index (χ3n) is 7.25. The molecule has 3 aliphatic rings. The van der Waals surface area contributed by atoms with Crippen molar-refractivity contribution < 1.29 is 32.3 Å². The Morgan fingerprint density at radius 3 is 2.71 bits per heavy atom. The van der Waals surface area contributed by atoms with Crippen LogP contribution in [0.4, 0.5) is 18.9 Å². The van der Waals surface area contributed by atoms with Gasteiger partial charge in [-0.3, -0.25) is 14.4 Å². The van der Waals surface area contributed by atoms with Gasteiger partial charge in [-0.05, 0) is 60.7 Å². The first-order valence-electron chi connectivity index (χ1n) is 12.1. The topological polar surface area (TPSA) is 112 Å². The number of benzene rings is 2. The van der Waals surface area contributed by atoms with Gasteiger partial charge in [0.05, 0.1) is 11.5 Å². The summed E-state index contributed by atoms with van der Waals surface area (Å²) in [6, 6.07) is 7.97. The number of hydrogen-bond acceptors (Lipinski definition) is 5. The monoisotopic (exact) mass is 548 g/mol. The van der Waals surface area contributed by atoms with Crippen molar-refractivity contribution in [2.75, 3.05) is 11.9 Å². The Morgan fingerprint density at radius 2 is 2.03 bits per heavy atom. The highest BCUT2D eigenvalue weighted by Crippen LogP contribution is 2.47. The molecule has 200 valence electrons. The molecular weight excluding hydrogens is 525 g/mol. The van der Waals surface area contributed by atoms with Crippen molar-refractivity contribution in [3.63, 3.8) is 0 Å². The van der Waals surface area contributed by atoms with Crippen LogP contribution in [0, 0.1) is 11.3 Å². The molecule has 0 unspecified atom stereocenters. The van der Waals surface area contributed by atoms with E-state index in [1.165, 1.54) is 17.0 Å². The molecular formula is C26H24ClF3N4O4. The fraction of sp³-hybridized carbons (Fsp3) is 0.385. The van der Waals surface area contributed by atoms with Gasteiger partial charge in [0.25, 0.3) is 5.91 Å². The quantitative estimate of drug-likeness (QED) is 0.448. The van der Waals surface area contributed by atoms with Crippen LogP contribution in [0.15, 0.2) is 42.5 Å². The minimum absolute atomic E-state index is 0.00298. The van der Waals surface area contributed by atoms with Gasteiger partial charge in [0.1, 0.15) is 11.8 Å². The molecule has 1 aliphatic carbocycles. The summed E-state index contributed by atoms with van der Waals surface area (Å²) in [5, 5.41) is 13.9. The number of carbonyl (C=O) groups is 3. The average molecular weight is 549 g/mol. The zero-order valence-electron chi connectivity index (χ0n) is 20.0. The predicted molar refractivity (Wildman–Crippen MR) is 132 cm³/mol. The lowest BCUT2D eigenvalue weighted by atomic mass is 9.79. The van der Waals surface area contributed by atoms with E-state index in [2.05, 4.69) is 15.4 Å². The van der Waals surface area contributed by atoms with Gasteiger partial charge >= 0.3 is 6.36 Å². The van der Waals surface area contributed by atoms with Crippen LogP contribution in [-0.2, 0) is 15.0 Å². The summed E-state index contributed by atoms with van der Waals surface area (Å²) in [6.45, 7) is -0.00298. The first-order chi connectivity index (χ1) is 18.0. The van der Waals surface area contributed by atoms with Crippen molar-refractivity contribution in [1.82, 2.24) is 10.2 Å². The normalized spacial score (nSPS) is 23.1. The van der Waals surface area contributed by atoms with Crippen molar-refractivity contribution in [3.8, 4) is 5.75 Å². The second kappa shape index (κ2) is 9.61. The zero-order valence-corrected chi connectivity index (χ0v) is 20.7. The number of ether oxygens (including phenoxy) is 1. The molecule has 5 rings (SSSR count). The lowest BCUT2D eigenvalue weighted by Gasteiger charge is -2.28. The molecule has 2 fully saturated rings. The summed E-state index contributed by atoms with van der Waals surface area (Å²) < 4.78 is 41.8. The number of nitrogens with one attached hydrogen (secondary N) is 3. The van der Waals surface area contributed by atoms with E-state index in [9.17, 15) is 27.6 Å². The summed E-state index contributed by atoms with van der Waals surface area (Å²) in [5.74, 6) is -1.81. The van der Waals surface area contributed by atoms with Crippen LogP contribution < -0.4 is 15.4 Å². The molecule has 1 saturated carbocycles. The molecule has 1 spiro atoms. The van der Waals surface area contributed by atoms with Crippen molar-refractivity contribution in [2.24, 2.45) is 5.92 Å². The molecule has 3 atom stereocenters. The highest BCUT2D eigenvalue weighted by molar-refractivity contribution is 6.31. The van der Waals surface area contributed by atoms with Gasteiger partial charge in [-0.15, -0.1) is 13.2 Å². The standard InChI is InChI=1S/C26H24ClF3N4O4/c27-16-6-7-20-19(10-16)25(24(37)33-20)11-17(12-31)34(13-25)23(36)21(8-14-4-5-14)32-22(35)15-2-1-3-18(9-15)38-26(28,29)30/h1-3,6-7,9-10,12,14,17,21,31H,4-5,8,11,13H2,(H,32,35)(H,33,37)/t17-,21-,25-/m0/s1. The molecule has 8 nitrogen and oxygen atoms in total. The highest BCUT2D eigenvalue weighted by atomic mass is 35.5. The maximum atomic E-state index is 13.8. The number of amides is 3. The van der Waals surface area contributed by atoms with Crippen LogP contribution in [0.2, 0.25) is 5.02 Å². The summed E-state index contributed by atoms with van der Waals surface area (Å²) in [4.78, 5) is 41.4. The van der Waals surface area contributed by atoms with Crippen LogP contribution in [0.3, 0.4) is 0 Å². The van der Waals surface area contributed by atoms with Crippen LogP contribution >= 0.6 is 11.6 Å². The van der Waals surface area contributed by atoms with Crippen LogP contribution in [0.25, 0.3) is 0 Å². The molecule has 0 bridgehead atoms. The Morgan fingerprint density at radius 1 is 1.26 bits per heavy atom. The number of alkyl halides is 3. The van der Waals surface area contributed by atoms with E-state index >= 15 is 0 Å². The molecule has 2 aromatic rings. The average Bonchev–Trinajstić information content (AvgIpc) is 3.53.